The molecule has 6 N–H and O–H groups in total. The molecular formula is C31H51Cl2N5O5. The number of hydrogen-bond donors (Lipinski definition) is 6. The van der Waals surface area contributed by atoms with Crippen molar-refractivity contribution in [2.24, 2.45) is 17.8 Å². The smallest absolute Gasteiger partial charge is 0.305 e. The highest BCUT2D eigenvalue weighted by atomic mass is 35.5. The third kappa shape index (κ3) is 15.8. The fourth-order valence-corrected chi connectivity index (χ4v) is 5.83. The molecule has 12 heteroatoms. The van der Waals surface area contributed by atoms with Crippen molar-refractivity contribution in [2.75, 3.05) is 39.3 Å². The van der Waals surface area contributed by atoms with Gasteiger partial charge in [-0.05, 0) is 108 Å². The maximum Gasteiger partial charge on any atom is 0.305 e. The van der Waals surface area contributed by atoms with Crippen LogP contribution >= 0.6 is 24.8 Å². The molecule has 2 aliphatic heterocycles. The van der Waals surface area contributed by atoms with Crippen LogP contribution in [0.5, 0.6) is 0 Å². The number of benzene rings is 1. The number of aryl methyl sites for hydroxylation is 1. The first-order valence-electron chi connectivity index (χ1n) is 15.4. The van der Waals surface area contributed by atoms with Crippen LogP contribution in [0.15, 0.2) is 30.3 Å². The van der Waals surface area contributed by atoms with Crippen molar-refractivity contribution in [2.45, 2.75) is 76.7 Å². The molecule has 0 saturated carbocycles. The topological polar surface area (TPSA) is 149 Å². The van der Waals surface area contributed by atoms with Crippen LogP contribution in [0.25, 0.3) is 0 Å². The van der Waals surface area contributed by atoms with Gasteiger partial charge >= 0.3 is 5.97 Å². The Labute approximate surface area is 268 Å². The van der Waals surface area contributed by atoms with Gasteiger partial charge in [-0.2, -0.15) is 0 Å². The van der Waals surface area contributed by atoms with Gasteiger partial charge < -0.3 is 31.7 Å². The molecule has 0 spiro atoms. The summed E-state index contributed by atoms with van der Waals surface area (Å²) >= 11 is 0. The van der Waals surface area contributed by atoms with Crippen molar-refractivity contribution in [1.29, 1.82) is 0 Å². The van der Waals surface area contributed by atoms with Gasteiger partial charge in [0.05, 0.1) is 13.0 Å². The molecule has 10 nitrogen and oxygen atoms in total. The highest BCUT2D eigenvalue weighted by molar-refractivity contribution is 5.92. The van der Waals surface area contributed by atoms with Crippen molar-refractivity contribution in [3.8, 4) is 0 Å². The Balaban J connectivity index is 0.00000462. The average Bonchev–Trinajstić information content (AvgIpc) is 2.99. The number of amides is 3. The van der Waals surface area contributed by atoms with E-state index >= 15 is 0 Å². The third-order valence-corrected chi connectivity index (χ3v) is 8.37. The van der Waals surface area contributed by atoms with Crippen molar-refractivity contribution in [3.63, 3.8) is 0 Å². The lowest BCUT2D eigenvalue weighted by Gasteiger charge is -2.27. The van der Waals surface area contributed by atoms with E-state index in [-0.39, 0.29) is 43.2 Å². The molecule has 0 bridgehead atoms. The molecule has 244 valence electrons. The molecule has 0 radical (unpaired) electrons. The number of carboxylic acids is 1. The van der Waals surface area contributed by atoms with E-state index in [9.17, 15) is 24.3 Å². The molecular weight excluding hydrogens is 593 g/mol. The number of carbonyl (C=O) groups is 4. The molecule has 3 rings (SSSR count). The normalized spacial score (nSPS) is 16.3. The Kier molecular flexibility index (Phi) is 19.9. The second-order valence-electron chi connectivity index (χ2n) is 11.6. The lowest BCUT2D eigenvalue weighted by molar-refractivity contribution is -0.140. The van der Waals surface area contributed by atoms with Gasteiger partial charge in [-0.15, -0.1) is 24.8 Å². The van der Waals surface area contributed by atoms with Crippen LogP contribution in [-0.2, 0) is 25.6 Å². The van der Waals surface area contributed by atoms with Gasteiger partial charge in [0.2, 0.25) is 17.7 Å². The third-order valence-electron chi connectivity index (χ3n) is 8.37. The van der Waals surface area contributed by atoms with E-state index in [1.807, 2.05) is 30.3 Å². The van der Waals surface area contributed by atoms with Crippen molar-refractivity contribution < 1.29 is 24.3 Å². The number of carboxylic acid groups (broad SMARTS) is 1. The van der Waals surface area contributed by atoms with Gasteiger partial charge in [0.15, 0.2) is 0 Å². The highest BCUT2D eigenvalue weighted by Crippen LogP contribution is 2.26. The molecule has 2 saturated heterocycles. The second-order valence-corrected chi connectivity index (χ2v) is 11.6. The first kappa shape index (κ1) is 38.6. The van der Waals surface area contributed by atoms with Crippen LogP contribution in [0.2, 0.25) is 0 Å². The van der Waals surface area contributed by atoms with Crippen LogP contribution in [0.4, 0.5) is 0 Å². The zero-order valence-electron chi connectivity index (χ0n) is 25.1. The SMILES string of the molecule is Cl.Cl.O=C(O)C[C@H](NC(=O)CNC(=O)C(CCC1CCNCC1)CCC1CCNCC1)C(=O)NCCCc1ccccc1. The Morgan fingerprint density at radius 1 is 0.814 bits per heavy atom. The summed E-state index contributed by atoms with van der Waals surface area (Å²) in [5.74, 6) is -1.34. The number of halogens is 2. The van der Waals surface area contributed by atoms with Crippen molar-refractivity contribution >= 4 is 48.5 Å². The Morgan fingerprint density at radius 3 is 1.91 bits per heavy atom. The van der Waals surface area contributed by atoms with Crippen LogP contribution < -0.4 is 26.6 Å². The van der Waals surface area contributed by atoms with Crippen LogP contribution in [0.3, 0.4) is 0 Å². The van der Waals surface area contributed by atoms with E-state index in [4.69, 9.17) is 0 Å². The monoisotopic (exact) mass is 643 g/mol. The quantitative estimate of drug-likeness (QED) is 0.143. The van der Waals surface area contributed by atoms with E-state index in [1.54, 1.807) is 0 Å². The molecule has 1 atom stereocenters. The van der Waals surface area contributed by atoms with Gasteiger partial charge in [-0.1, -0.05) is 30.3 Å². The molecule has 0 aromatic heterocycles. The molecule has 2 aliphatic rings. The van der Waals surface area contributed by atoms with Crippen molar-refractivity contribution in [3.05, 3.63) is 35.9 Å². The molecule has 2 heterocycles. The number of nitrogens with one attached hydrogen (secondary N) is 5. The first-order valence-corrected chi connectivity index (χ1v) is 15.4. The van der Waals surface area contributed by atoms with Gasteiger partial charge in [-0.25, -0.2) is 0 Å². The summed E-state index contributed by atoms with van der Waals surface area (Å²) in [6.45, 7) is 4.17. The van der Waals surface area contributed by atoms with E-state index in [0.29, 0.717) is 24.8 Å². The van der Waals surface area contributed by atoms with E-state index in [1.165, 1.54) is 0 Å². The molecule has 1 aromatic rings. The molecule has 0 aliphatic carbocycles. The number of carbonyl (C=O) groups excluding carboxylic acids is 3. The summed E-state index contributed by atoms with van der Waals surface area (Å²) < 4.78 is 0. The minimum Gasteiger partial charge on any atom is -0.481 e. The van der Waals surface area contributed by atoms with E-state index < -0.39 is 30.2 Å². The minimum absolute atomic E-state index is 0. The highest BCUT2D eigenvalue weighted by Gasteiger charge is 2.26. The predicted molar refractivity (Wildman–Crippen MR) is 173 cm³/mol. The second kappa shape index (κ2) is 22.2. The molecule has 1 aromatic carbocycles. The maximum absolute atomic E-state index is 13.2. The lowest BCUT2D eigenvalue weighted by atomic mass is 9.84. The molecule has 43 heavy (non-hydrogen) atoms. The maximum atomic E-state index is 13.2. The largest absolute Gasteiger partial charge is 0.481 e. The van der Waals surface area contributed by atoms with Gasteiger partial charge in [-0.3, -0.25) is 19.2 Å². The van der Waals surface area contributed by atoms with Gasteiger partial charge in [0.25, 0.3) is 0 Å². The van der Waals surface area contributed by atoms with Crippen molar-refractivity contribution in [1.82, 2.24) is 26.6 Å². The average molecular weight is 645 g/mol. The summed E-state index contributed by atoms with van der Waals surface area (Å²) in [5.41, 5.74) is 1.15. The summed E-state index contributed by atoms with van der Waals surface area (Å²) in [6.07, 6.45) is 9.07. The number of rotatable bonds is 17. The summed E-state index contributed by atoms with van der Waals surface area (Å²) in [7, 11) is 0. The fraction of sp³-hybridized carbons (Fsp3) is 0.677. The number of hydrogen-bond acceptors (Lipinski definition) is 6. The minimum atomic E-state index is -1.20. The fourth-order valence-electron chi connectivity index (χ4n) is 5.83. The molecule has 3 amide bonds. The molecule has 0 unspecified atom stereocenters. The number of piperidine rings is 2. The van der Waals surface area contributed by atoms with Crippen LogP contribution in [0, 0.1) is 17.8 Å². The zero-order chi connectivity index (χ0) is 29.3. The Morgan fingerprint density at radius 2 is 1.37 bits per heavy atom. The summed E-state index contributed by atoms with van der Waals surface area (Å²) in [5, 5.41) is 24.1. The zero-order valence-corrected chi connectivity index (χ0v) is 26.7. The standard InChI is InChI=1S/C31H49N5O5.2ClH/c37-28(36-27(21-29(38)39)31(41)34-16-4-7-23-5-2-1-3-6-23)22-35-30(40)26(10-8-24-12-17-32-18-13-24)11-9-25-14-19-33-20-15-25;;/h1-3,5-6,24-27,32-33H,4,7-22H2,(H,34,41)(H,35,40)(H,36,37)(H,38,39);2*1H/t27-;;/m0../s1. The summed E-state index contributed by atoms with van der Waals surface area (Å²) in [6, 6.07) is 8.67. The predicted octanol–water partition coefficient (Wildman–Crippen LogP) is 2.83. The summed E-state index contributed by atoms with van der Waals surface area (Å²) in [4.78, 5) is 49.9. The van der Waals surface area contributed by atoms with E-state index in [0.717, 1.165) is 89.5 Å². The van der Waals surface area contributed by atoms with Crippen LogP contribution in [0.1, 0.15) is 69.8 Å². The van der Waals surface area contributed by atoms with E-state index in [2.05, 4.69) is 26.6 Å². The molecule has 2 fully saturated rings. The Bertz CT molecular complexity index is 937. The van der Waals surface area contributed by atoms with Crippen LogP contribution in [-0.4, -0.2) is 74.1 Å². The lowest BCUT2D eigenvalue weighted by Crippen LogP contribution is -2.50. The Hall–Kier alpha value is -2.40. The van der Waals surface area contributed by atoms with Gasteiger partial charge in [0.1, 0.15) is 6.04 Å². The first-order chi connectivity index (χ1) is 19.9. The number of aliphatic carboxylic acids is 1. The van der Waals surface area contributed by atoms with Gasteiger partial charge in [0, 0.05) is 12.5 Å².